The molecule has 0 fully saturated rings. The standard InChI is InChI=1S/C15H34N2/c1-7-9-10-12-17(6)13-14(15(3,4)5)16-11-8-2/h14,16H,7-13H2,1-6H3. The first-order chi connectivity index (χ1) is 7.91. The number of unbranched alkanes of at least 4 members (excludes halogenated alkanes) is 2. The molecule has 104 valence electrons. The van der Waals surface area contributed by atoms with Gasteiger partial charge in [0, 0.05) is 12.6 Å². The fraction of sp³-hybridized carbons (Fsp3) is 1.00. The zero-order valence-corrected chi connectivity index (χ0v) is 13.0. The van der Waals surface area contributed by atoms with Crippen molar-refractivity contribution >= 4 is 0 Å². The second-order valence-corrected chi connectivity index (χ2v) is 6.34. The maximum absolute atomic E-state index is 3.69. The molecule has 0 rings (SSSR count). The Hall–Kier alpha value is -0.0800. The minimum atomic E-state index is 0.341. The van der Waals surface area contributed by atoms with Crippen LogP contribution in [-0.4, -0.2) is 37.6 Å². The summed E-state index contributed by atoms with van der Waals surface area (Å²) in [6.07, 6.45) is 5.21. The van der Waals surface area contributed by atoms with E-state index in [9.17, 15) is 0 Å². The number of nitrogens with zero attached hydrogens (tertiary/aromatic N) is 1. The van der Waals surface area contributed by atoms with E-state index in [4.69, 9.17) is 0 Å². The normalized spacial score (nSPS) is 14.3. The molecule has 0 saturated heterocycles. The molecule has 0 aromatic heterocycles. The first-order valence-electron chi connectivity index (χ1n) is 7.33. The van der Waals surface area contributed by atoms with Gasteiger partial charge in [0.2, 0.25) is 0 Å². The molecular formula is C15H34N2. The molecule has 17 heavy (non-hydrogen) atoms. The van der Waals surface area contributed by atoms with Crippen LogP contribution in [0.15, 0.2) is 0 Å². The van der Waals surface area contributed by atoms with Gasteiger partial charge in [-0.3, -0.25) is 0 Å². The molecule has 0 bridgehead atoms. The van der Waals surface area contributed by atoms with Crippen molar-refractivity contribution in [3.63, 3.8) is 0 Å². The SMILES string of the molecule is CCCCCN(C)CC(NCCC)C(C)(C)C. The average Bonchev–Trinajstić information content (AvgIpc) is 2.23. The van der Waals surface area contributed by atoms with Gasteiger partial charge >= 0.3 is 0 Å². The Balaban J connectivity index is 4.04. The highest BCUT2D eigenvalue weighted by molar-refractivity contribution is 4.82. The lowest BCUT2D eigenvalue weighted by molar-refractivity contribution is 0.193. The smallest absolute Gasteiger partial charge is 0.0243 e. The molecule has 0 heterocycles. The molecule has 0 aliphatic carbocycles. The minimum absolute atomic E-state index is 0.341. The van der Waals surface area contributed by atoms with Crippen molar-refractivity contribution in [3.05, 3.63) is 0 Å². The van der Waals surface area contributed by atoms with Crippen LogP contribution < -0.4 is 5.32 Å². The quantitative estimate of drug-likeness (QED) is 0.622. The van der Waals surface area contributed by atoms with Crippen molar-refractivity contribution in [1.29, 1.82) is 0 Å². The third-order valence-corrected chi connectivity index (χ3v) is 3.32. The van der Waals surface area contributed by atoms with Crippen LogP contribution in [-0.2, 0) is 0 Å². The third kappa shape index (κ3) is 8.62. The first kappa shape index (κ1) is 16.9. The fourth-order valence-corrected chi connectivity index (χ4v) is 2.00. The molecule has 1 atom stereocenters. The lowest BCUT2D eigenvalue weighted by atomic mass is 9.86. The molecule has 1 N–H and O–H groups in total. The highest BCUT2D eigenvalue weighted by Crippen LogP contribution is 2.20. The van der Waals surface area contributed by atoms with Crippen LogP contribution in [0, 0.1) is 5.41 Å². The lowest BCUT2D eigenvalue weighted by Gasteiger charge is -2.35. The second-order valence-electron chi connectivity index (χ2n) is 6.34. The maximum Gasteiger partial charge on any atom is 0.0243 e. The van der Waals surface area contributed by atoms with E-state index in [1.54, 1.807) is 0 Å². The number of nitrogens with one attached hydrogen (secondary N) is 1. The van der Waals surface area contributed by atoms with Gasteiger partial charge in [-0.05, 0) is 38.4 Å². The predicted molar refractivity (Wildman–Crippen MR) is 78.6 cm³/mol. The van der Waals surface area contributed by atoms with Gasteiger partial charge in [0.25, 0.3) is 0 Å². The average molecular weight is 242 g/mol. The van der Waals surface area contributed by atoms with E-state index < -0.39 is 0 Å². The van der Waals surface area contributed by atoms with Gasteiger partial charge in [-0.15, -0.1) is 0 Å². The topological polar surface area (TPSA) is 15.3 Å². The van der Waals surface area contributed by atoms with E-state index >= 15 is 0 Å². The summed E-state index contributed by atoms with van der Waals surface area (Å²) in [4.78, 5) is 2.48. The number of hydrogen-bond acceptors (Lipinski definition) is 2. The number of rotatable bonds is 9. The molecule has 0 amide bonds. The summed E-state index contributed by atoms with van der Waals surface area (Å²) < 4.78 is 0. The van der Waals surface area contributed by atoms with Gasteiger partial charge in [0.15, 0.2) is 0 Å². The molecular weight excluding hydrogens is 208 g/mol. The fourth-order valence-electron chi connectivity index (χ4n) is 2.00. The summed E-state index contributed by atoms with van der Waals surface area (Å²) in [5, 5.41) is 3.69. The molecule has 0 radical (unpaired) electrons. The van der Waals surface area contributed by atoms with E-state index in [-0.39, 0.29) is 0 Å². The minimum Gasteiger partial charge on any atom is -0.312 e. The van der Waals surface area contributed by atoms with Crippen LogP contribution >= 0.6 is 0 Å². The molecule has 0 aromatic carbocycles. The maximum atomic E-state index is 3.69. The van der Waals surface area contributed by atoms with Crippen LogP contribution in [0.3, 0.4) is 0 Å². The summed E-state index contributed by atoms with van der Waals surface area (Å²) in [6.45, 7) is 15.0. The Bertz CT molecular complexity index is 172. The molecule has 0 aliphatic heterocycles. The van der Waals surface area contributed by atoms with Crippen molar-refractivity contribution in [2.75, 3.05) is 26.7 Å². The van der Waals surface area contributed by atoms with E-state index in [1.807, 2.05) is 0 Å². The third-order valence-electron chi connectivity index (χ3n) is 3.32. The van der Waals surface area contributed by atoms with Gasteiger partial charge < -0.3 is 10.2 Å². The predicted octanol–water partition coefficient (Wildman–Crippen LogP) is 3.52. The molecule has 2 heteroatoms. The van der Waals surface area contributed by atoms with E-state index in [0.29, 0.717) is 11.5 Å². The second kappa shape index (κ2) is 8.93. The summed E-state index contributed by atoms with van der Waals surface area (Å²) >= 11 is 0. The molecule has 0 saturated carbocycles. The van der Waals surface area contributed by atoms with Gasteiger partial charge in [0.05, 0.1) is 0 Å². The van der Waals surface area contributed by atoms with Crippen molar-refractivity contribution in [3.8, 4) is 0 Å². The van der Waals surface area contributed by atoms with Crippen LogP contribution in [0.25, 0.3) is 0 Å². The Morgan fingerprint density at radius 2 is 1.71 bits per heavy atom. The Kier molecular flexibility index (Phi) is 8.89. The molecule has 0 aliphatic rings. The highest BCUT2D eigenvalue weighted by atomic mass is 15.1. The number of likely N-dealkylation sites (N-methyl/N-ethyl adjacent to an activating group) is 1. The molecule has 0 spiro atoms. The van der Waals surface area contributed by atoms with Crippen LogP contribution in [0.4, 0.5) is 0 Å². The largest absolute Gasteiger partial charge is 0.312 e. The van der Waals surface area contributed by atoms with Crippen LogP contribution in [0.1, 0.15) is 60.3 Å². The van der Waals surface area contributed by atoms with E-state index in [1.165, 1.54) is 32.2 Å². The molecule has 2 nitrogen and oxygen atoms in total. The summed E-state index contributed by atoms with van der Waals surface area (Å²) in [7, 11) is 2.25. The van der Waals surface area contributed by atoms with E-state index in [0.717, 1.165) is 13.1 Å². The first-order valence-corrected chi connectivity index (χ1v) is 7.33. The van der Waals surface area contributed by atoms with Gasteiger partial charge in [-0.2, -0.15) is 0 Å². The Morgan fingerprint density at radius 3 is 2.18 bits per heavy atom. The zero-order valence-electron chi connectivity index (χ0n) is 13.0. The Morgan fingerprint density at radius 1 is 1.06 bits per heavy atom. The molecule has 0 aromatic rings. The number of hydrogen-bond donors (Lipinski definition) is 1. The van der Waals surface area contributed by atoms with Crippen LogP contribution in [0.5, 0.6) is 0 Å². The summed E-state index contributed by atoms with van der Waals surface area (Å²) in [6, 6.07) is 0.592. The van der Waals surface area contributed by atoms with Gasteiger partial charge in [-0.1, -0.05) is 47.5 Å². The highest BCUT2D eigenvalue weighted by Gasteiger charge is 2.24. The summed E-state index contributed by atoms with van der Waals surface area (Å²) in [5.41, 5.74) is 0.341. The van der Waals surface area contributed by atoms with Crippen molar-refractivity contribution < 1.29 is 0 Å². The Labute approximate surface area is 109 Å². The van der Waals surface area contributed by atoms with Crippen molar-refractivity contribution in [1.82, 2.24) is 10.2 Å². The van der Waals surface area contributed by atoms with Gasteiger partial charge in [0.1, 0.15) is 0 Å². The van der Waals surface area contributed by atoms with Crippen molar-refractivity contribution in [2.45, 2.75) is 66.3 Å². The van der Waals surface area contributed by atoms with E-state index in [2.05, 4.69) is 51.9 Å². The lowest BCUT2D eigenvalue weighted by Crippen LogP contribution is -2.48. The van der Waals surface area contributed by atoms with Gasteiger partial charge in [-0.25, -0.2) is 0 Å². The monoisotopic (exact) mass is 242 g/mol. The molecule has 1 unspecified atom stereocenters. The van der Waals surface area contributed by atoms with Crippen LogP contribution in [0.2, 0.25) is 0 Å². The summed E-state index contributed by atoms with van der Waals surface area (Å²) in [5.74, 6) is 0. The zero-order chi connectivity index (χ0) is 13.3. The van der Waals surface area contributed by atoms with Crippen molar-refractivity contribution in [2.24, 2.45) is 5.41 Å².